The van der Waals surface area contributed by atoms with Crippen LogP contribution in [0.5, 0.6) is 0 Å². The van der Waals surface area contributed by atoms with E-state index in [1.54, 1.807) is 0 Å². The molecule has 0 radical (unpaired) electrons. The zero-order valence-corrected chi connectivity index (χ0v) is 8.23. The molecule has 0 atom stereocenters. The summed E-state index contributed by atoms with van der Waals surface area (Å²) in [4.78, 5) is 20.6. The number of amides is 1. The minimum absolute atomic E-state index is 0.237. The fourth-order valence-electron chi connectivity index (χ4n) is 0.590. The van der Waals surface area contributed by atoms with Crippen molar-refractivity contribution >= 4 is 23.8 Å². The Hall–Kier alpha value is -0.910. The summed E-state index contributed by atoms with van der Waals surface area (Å²) in [7, 11) is 1.35. The number of hydrogen-bond acceptors (Lipinski definition) is 4. The van der Waals surface area contributed by atoms with E-state index in [4.69, 9.17) is 5.11 Å². The zero-order valence-electron chi connectivity index (χ0n) is 7.41. The van der Waals surface area contributed by atoms with E-state index in [-0.39, 0.29) is 5.97 Å². The van der Waals surface area contributed by atoms with Crippen LogP contribution in [0.25, 0.3) is 0 Å². The summed E-state index contributed by atoms with van der Waals surface area (Å²) in [6, 6.07) is 0. The number of nitrogens with one attached hydrogen (secondary N) is 1. The normalized spacial score (nSPS) is 9.31. The molecule has 0 saturated carbocycles. The highest BCUT2D eigenvalue weighted by molar-refractivity contribution is 7.99. The third kappa shape index (κ3) is 9.00. The molecule has 0 aliphatic heterocycles. The Kier molecular flexibility index (Phi) is 7.18. The zero-order chi connectivity index (χ0) is 10.1. The molecule has 0 aromatic carbocycles. The van der Waals surface area contributed by atoms with Gasteiger partial charge in [-0.2, -0.15) is 11.8 Å². The van der Waals surface area contributed by atoms with Gasteiger partial charge in [-0.15, -0.1) is 0 Å². The minimum atomic E-state index is -1.02. The Bertz CT molecular complexity index is 174. The van der Waals surface area contributed by atoms with E-state index in [1.165, 1.54) is 18.9 Å². The first kappa shape index (κ1) is 12.1. The van der Waals surface area contributed by atoms with Crippen LogP contribution in [0.3, 0.4) is 0 Å². The molecule has 0 aliphatic carbocycles. The van der Waals surface area contributed by atoms with Crippen LogP contribution >= 0.6 is 11.8 Å². The Morgan fingerprint density at radius 2 is 2.15 bits per heavy atom. The highest BCUT2D eigenvalue weighted by Gasteiger charge is 1.99. The Labute approximate surface area is 80.8 Å². The second-order valence-corrected chi connectivity index (χ2v) is 3.40. The van der Waals surface area contributed by atoms with E-state index >= 15 is 0 Å². The van der Waals surface area contributed by atoms with Crippen molar-refractivity contribution in [3.63, 3.8) is 0 Å². The van der Waals surface area contributed by atoms with E-state index in [1.807, 2.05) is 0 Å². The summed E-state index contributed by atoms with van der Waals surface area (Å²) in [5.74, 6) is 1.09. The number of carboxylic acid groups (broad SMARTS) is 1. The first-order chi connectivity index (χ1) is 6.16. The lowest BCUT2D eigenvalue weighted by atomic mass is 10.5. The second kappa shape index (κ2) is 7.72. The van der Waals surface area contributed by atoms with Gasteiger partial charge in [-0.25, -0.2) is 4.79 Å². The van der Waals surface area contributed by atoms with Crippen molar-refractivity contribution in [2.24, 2.45) is 0 Å². The molecule has 0 heterocycles. The van der Waals surface area contributed by atoms with Crippen LogP contribution in [0.1, 0.15) is 6.42 Å². The maximum Gasteiger partial charge on any atom is 0.404 e. The van der Waals surface area contributed by atoms with Crippen molar-refractivity contribution in [2.45, 2.75) is 6.42 Å². The summed E-state index contributed by atoms with van der Waals surface area (Å²) in [5, 5.41) is 10.4. The number of ether oxygens (including phenoxy) is 1. The molecule has 0 saturated heterocycles. The average Bonchev–Trinajstić information content (AvgIpc) is 2.10. The topological polar surface area (TPSA) is 75.6 Å². The highest BCUT2D eigenvalue weighted by Crippen LogP contribution is 2.01. The molecule has 0 unspecified atom stereocenters. The third-order valence-corrected chi connectivity index (χ3v) is 2.19. The SMILES string of the molecule is COC(=O)CCSCCNC(=O)O. The van der Waals surface area contributed by atoms with E-state index in [0.717, 1.165) is 0 Å². The highest BCUT2D eigenvalue weighted by atomic mass is 32.2. The van der Waals surface area contributed by atoms with Gasteiger partial charge in [0, 0.05) is 18.1 Å². The predicted octanol–water partition coefficient (Wildman–Crippen LogP) is 0.550. The van der Waals surface area contributed by atoms with Crippen LogP contribution < -0.4 is 5.32 Å². The lowest BCUT2D eigenvalue weighted by Gasteiger charge is -2.00. The molecular formula is C7H13NO4S. The van der Waals surface area contributed by atoms with Gasteiger partial charge in [-0.1, -0.05) is 0 Å². The first-order valence-corrected chi connectivity index (χ1v) is 4.93. The molecule has 0 aromatic rings. The van der Waals surface area contributed by atoms with Gasteiger partial charge in [0.1, 0.15) is 0 Å². The van der Waals surface area contributed by atoms with Crippen LogP contribution in [-0.4, -0.2) is 42.3 Å². The fraction of sp³-hybridized carbons (Fsp3) is 0.714. The van der Waals surface area contributed by atoms with Crippen molar-refractivity contribution in [3.05, 3.63) is 0 Å². The summed E-state index contributed by atoms with van der Waals surface area (Å²) in [6.07, 6.45) is -0.651. The lowest BCUT2D eigenvalue weighted by molar-refractivity contribution is -0.140. The third-order valence-electron chi connectivity index (χ3n) is 1.20. The van der Waals surface area contributed by atoms with Gasteiger partial charge in [-0.05, 0) is 0 Å². The number of esters is 1. The molecule has 5 nitrogen and oxygen atoms in total. The first-order valence-electron chi connectivity index (χ1n) is 3.78. The monoisotopic (exact) mass is 207 g/mol. The van der Waals surface area contributed by atoms with Crippen molar-refractivity contribution in [1.82, 2.24) is 5.32 Å². The van der Waals surface area contributed by atoms with Crippen LogP contribution in [0.15, 0.2) is 0 Å². The largest absolute Gasteiger partial charge is 0.469 e. The molecule has 0 aliphatic rings. The van der Waals surface area contributed by atoms with Crippen LogP contribution in [0.4, 0.5) is 4.79 Å². The standard InChI is InChI=1S/C7H13NO4S/c1-12-6(9)2-4-13-5-3-8-7(10)11/h8H,2-5H2,1H3,(H,10,11). The maximum atomic E-state index is 10.6. The van der Waals surface area contributed by atoms with Crippen LogP contribution in [-0.2, 0) is 9.53 Å². The van der Waals surface area contributed by atoms with Gasteiger partial charge in [-0.3, -0.25) is 4.79 Å². The van der Waals surface area contributed by atoms with E-state index in [9.17, 15) is 9.59 Å². The predicted molar refractivity (Wildman–Crippen MR) is 50.0 cm³/mol. The molecule has 13 heavy (non-hydrogen) atoms. The Morgan fingerprint density at radius 3 is 2.69 bits per heavy atom. The Balaban J connectivity index is 3.08. The number of rotatable bonds is 6. The molecule has 0 aromatic heterocycles. The van der Waals surface area contributed by atoms with Crippen molar-refractivity contribution in [2.75, 3.05) is 25.2 Å². The smallest absolute Gasteiger partial charge is 0.404 e. The van der Waals surface area contributed by atoms with Gasteiger partial charge >= 0.3 is 12.1 Å². The lowest BCUT2D eigenvalue weighted by Crippen LogP contribution is -2.23. The molecule has 0 rings (SSSR count). The van der Waals surface area contributed by atoms with Gasteiger partial charge in [0.15, 0.2) is 0 Å². The fourth-order valence-corrected chi connectivity index (χ4v) is 1.35. The van der Waals surface area contributed by atoms with Crippen molar-refractivity contribution < 1.29 is 19.4 Å². The second-order valence-electron chi connectivity index (χ2n) is 2.17. The molecule has 0 fully saturated rings. The molecular weight excluding hydrogens is 194 g/mol. The number of carbonyl (C=O) groups excluding carboxylic acids is 1. The number of carbonyl (C=O) groups is 2. The number of methoxy groups -OCH3 is 1. The summed E-state index contributed by atoms with van der Waals surface area (Å²) < 4.78 is 4.43. The number of thioether (sulfide) groups is 1. The molecule has 6 heteroatoms. The molecule has 0 bridgehead atoms. The average molecular weight is 207 g/mol. The number of hydrogen-bond donors (Lipinski definition) is 2. The van der Waals surface area contributed by atoms with Gasteiger partial charge < -0.3 is 15.2 Å². The van der Waals surface area contributed by atoms with Crippen LogP contribution in [0, 0.1) is 0 Å². The molecule has 76 valence electrons. The molecule has 0 spiro atoms. The Morgan fingerprint density at radius 1 is 1.46 bits per heavy atom. The van der Waals surface area contributed by atoms with Crippen molar-refractivity contribution in [3.8, 4) is 0 Å². The van der Waals surface area contributed by atoms with Gasteiger partial charge in [0.05, 0.1) is 13.5 Å². The van der Waals surface area contributed by atoms with Gasteiger partial charge in [0.2, 0.25) is 0 Å². The maximum absolute atomic E-state index is 10.6. The summed E-state index contributed by atoms with van der Waals surface area (Å²) in [6.45, 7) is 0.404. The summed E-state index contributed by atoms with van der Waals surface area (Å²) >= 11 is 1.51. The van der Waals surface area contributed by atoms with Gasteiger partial charge in [0.25, 0.3) is 0 Å². The molecule has 2 N–H and O–H groups in total. The van der Waals surface area contributed by atoms with E-state index in [0.29, 0.717) is 24.5 Å². The van der Waals surface area contributed by atoms with E-state index < -0.39 is 6.09 Å². The van der Waals surface area contributed by atoms with Crippen molar-refractivity contribution in [1.29, 1.82) is 0 Å². The summed E-state index contributed by atoms with van der Waals surface area (Å²) in [5.41, 5.74) is 0. The quantitative estimate of drug-likeness (QED) is 0.491. The van der Waals surface area contributed by atoms with Crippen LogP contribution in [0.2, 0.25) is 0 Å². The van der Waals surface area contributed by atoms with E-state index in [2.05, 4.69) is 10.1 Å². The molecule has 1 amide bonds. The minimum Gasteiger partial charge on any atom is -0.469 e.